The molecule has 1 unspecified atom stereocenters. The van der Waals surface area contributed by atoms with Crippen LogP contribution in [0.15, 0.2) is 18.2 Å². The molecule has 0 radical (unpaired) electrons. The number of hydrogen-bond acceptors (Lipinski definition) is 2. The van der Waals surface area contributed by atoms with Gasteiger partial charge in [0, 0.05) is 6.04 Å². The minimum atomic E-state index is -0.817. The molecule has 0 saturated carbocycles. The van der Waals surface area contributed by atoms with Gasteiger partial charge >= 0.3 is 0 Å². The smallest absolute Gasteiger partial charge is 0.159 e. The molecule has 0 aliphatic rings. The Balaban J connectivity index is 2.72. The van der Waals surface area contributed by atoms with Crippen molar-refractivity contribution in [2.24, 2.45) is 5.84 Å². The van der Waals surface area contributed by atoms with E-state index in [0.29, 0.717) is 6.42 Å². The van der Waals surface area contributed by atoms with Crippen molar-refractivity contribution < 1.29 is 8.78 Å². The maximum Gasteiger partial charge on any atom is 0.159 e. The van der Waals surface area contributed by atoms with E-state index in [2.05, 4.69) is 5.43 Å². The van der Waals surface area contributed by atoms with E-state index in [0.717, 1.165) is 18.1 Å². The Morgan fingerprint density at radius 2 is 2.07 bits per heavy atom. The highest BCUT2D eigenvalue weighted by molar-refractivity contribution is 5.18. The van der Waals surface area contributed by atoms with Gasteiger partial charge in [0.25, 0.3) is 0 Å². The average Bonchev–Trinajstić information content (AvgIpc) is 2.19. The Morgan fingerprint density at radius 1 is 1.36 bits per heavy atom. The fourth-order valence-electron chi connectivity index (χ4n) is 1.27. The predicted molar refractivity (Wildman–Crippen MR) is 51.5 cm³/mol. The third-order valence-corrected chi connectivity index (χ3v) is 2.19. The minimum Gasteiger partial charge on any atom is -0.271 e. The van der Waals surface area contributed by atoms with Crippen LogP contribution in [0.1, 0.15) is 18.9 Å². The number of hydrogen-bond donors (Lipinski definition) is 2. The first-order chi connectivity index (χ1) is 6.67. The van der Waals surface area contributed by atoms with Gasteiger partial charge in [-0.2, -0.15) is 0 Å². The van der Waals surface area contributed by atoms with Crippen LogP contribution < -0.4 is 11.3 Å². The summed E-state index contributed by atoms with van der Waals surface area (Å²) in [5, 5.41) is 0. The molecule has 0 aliphatic heterocycles. The molecular weight excluding hydrogens is 186 g/mol. The topological polar surface area (TPSA) is 38.0 Å². The molecule has 0 amide bonds. The third kappa shape index (κ3) is 2.75. The van der Waals surface area contributed by atoms with Gasteiger partial charge in [-0.3, -0.25) is 11.3 Å². The summed E-state index contributed by atoms with van der Waals surface area (Å²) in [6, 6.07) is 4.00. The summed E-state index contributed by atoms with van der Waals surface area (Å²) in [6.45, 7) is 1.98. The van der Waals surface area contributed by atoms with Crippen molar-refractivity contribution in [1.82, 2.24) is 5.43 Å². The summed E-state index contributed by atoms with van der Waals surface area (Å²) in [5.41, 5.74) is 3.36. The summed E-state index contributed by atoms with van der Waals surface area (Å²) in [4.78, 5) is 0. The van der Waals surface area contributed by atoms with Gasteiger partial charge in [-0.15, -0.1) is 0 Å². The largest absolute Gasteiger partial charge is 0.271 e. The first kappa shape index (κ1) is 11.1. The number of nitrogens with two attached hydrogens (primary N) is 1. The van der Waals surface area contributed by atoms with Crippen LogP contribution in [0.4, 0.5) is 8.78 Å². The van der Waals surface area contributed by atoms with Gasteiger partial charge in [-0.05, 0) is 30.5 Å². The van der Waals surface area contributed by atoms with Crippen LogP contribution in [0.5, 0.6) is 0 Å². The van der Waals surface area contributed by atoms with Gasteiger partial charge in [0.2, 0.25) is 0 Å². The molecule has 1 aromatic rings. The van der Waals surface area contributed by atoms with Crippen LogP contribution in [-0.4, -0.2) is 6.04 Å². The van der Waals surface area contributed by atoms with Crippen LogP contribution >= 0.6 is 0 Å². The van der Waals surface area contributed by atoms with Gasteiger partial charge < -0.3 is 0 Å². The molecule has 4 heteroatoms. The summed E-state index contributed by atoms with van der Waals surface area (Å²) in [5.74, 6) is 3.65. The van der Waals surface area contributed by atoms with E-state index in [9.17, 15) is 8.78 Å². The summed E-state index contributed by atoms with van der Waals surface area (Å²) < 4.78 is 25.4. The van der Waals surface area contributed by atoms with E-state index < -0.39 is 11.6 Å². The molecule has 2 nitrogen and oxygen atoms in total. The SMILES string of the molecule is CCC(Cc1ccc(F)c(F)c1)NN. The Hall–Kier alpha value is -1.00. The number of benzene rings is 1. The van der Waals surface area contributed by atoms with Gasteiger partial charge in [0.05, 0.1) is 0 Å². The Morgan fingerprint density at radius 3 is 2.57 bits per heavy atom. The Labute approximate surface area is 82.1 Å². The van der Waals surface area contributed by atoms with Crippen LogP contribution in [0.25, 0.3) is 0 Å². The lowest BCUT2D eigenvalue weighted by Gasteiger charge is -2.13. The van der Waals surface area contributed by atoms with E-state index in [4.69, 9.17) is 5.84 Å². The number of nitrogens with one attached hydrogen (secondary N) is 1. The molecule has 0 bridgehead atoms. The zero-order valence-electron chi connectivity index (χ0n) is 8.06. The average molecular weight is 200 g/mol. The molecule has 1 rings (SSSR count). The van der Waals surface area contributed by atoms with Gasteiger partial charge in [0.1, 0.15) is 0 Å². The highest BCUT2D eigenvalue weighted by Crippen LogP contribution is 2.11. The van der Waals surface area contributed by atoms with Gasteiger partial charge in [0.15, 0.2) is 11.6 Å². The molecule has 0 heterocycles. The van der Waals surface area contributed by atoms with E-state index in [1.807, 2.05) is 6.92 Å². The van der Waals surface area contributed by atoms with Crippen molar-refractivity contribution in [2.75, 3.05) is 0 Å². The summed E-state index contributed by atoms with van der Waals surface area (Å²) in [6.07, 6.45) is 1.44. The first-order valence-corrected chi connectivity index (χ1v) is 4.57. The van der Waals surface area contributed by atoms with Crippen LogP contribution in [0, 0.1) is 11.6 Å². The molecule has 78 valence electrons. The molecule has 3 N–H and O–H groups in total. The lowest BCUT2D eigenvalue weighted by atomic mass is 10.0. The molecule has 0 aromatic heterocycles. The van der Waals surface area contributed by atoms with Gasteiger partial charge in [-0.1, -0.05) is 13.0 Å². The van der Waals surface area contributed by atoms with E-state index in [1.54, 1.807) is 6.07 Å². The molecule has 1 aromatic carbocycles. The fourth-order valence-corrected chi connectivity index (χ4v) is 1.27. The van der Waals surface area contributed by atoms with Crippen molar-refractivity contribution in [3.63, 3.8) is 0 Å². The molecule has 0 fully saturated rings. The van der Waals surface area contributed by atoms with Crippen molar-refractivity contribution in [3.05, 3.63) is 35.4 Å². The molecule has 0 saturated heterocycles. The van der Waals surface area contributed by atoms with Crippen LogP contribution in [-0.2, 0) is 6.42 Å². The van der Waals surface area contributed by atoms with Crippen molar-refractivity contribution in [3.8, 4) is 0 Å². The molecule has 0 spiro atoms. The highest BCUT2D eigenvalue weighted by Gasteiger charge is 2.07. The summed E-state index contributed by atoms with van der Waals surface area (Å²) in [7, 11) is 0. The Bertz CT molecular complexity index is 298. The lowest BCUT2D eigenvalue weighted by molar-refractivity contribution is 0.494. The highest BCUT2D eigenvalue weighted by atomic mass is 19.2. The van der Waals surface area contributed by atoms with E-state index >= 15 is 0 Å². The normalized spacial score (nSPS) is 12.9. The first-order valence-electron chi connectivity index (χ1n) is 4.57. The second kappa shape index (κ2) is 5.02. The fraction of sp³-hybridized carbons (Fsp3) is 0.400. The predicted octanol–water partition coefficient (Wildman–Crippen LogP) is 1.75. The molecule has 14 heavy (non-hydrogen) atoms. The number of halogens is 2. The lowest BCUT2D eigenvalue weighted by Crippen LogP contribution is -2.36. The van der Waals surface area contributed by atoms with Crippen LogP contribution in [0.2, 0.25) is 0 Å². The van der Waals surface area contributed by atoms with Gasteiger partial charge in [-0.25, -0.2) is 8.78 Å². The molecular formula is C10H14F2N2. The quantitative estimate of drug-likeness (QED) is 0.574. The monoisotopic (exact) mass is 200 g/mol. The third-order valence-electron chi connectivity index (χ3n) is 2.19. The molecule has 1 atom stereocenters. The summed E-state index contributed by atoms with van der Waals surface area (Å²) >= 11 is 0. The zero-order valence-corrected chi connectivity index (χ0v) is 8.06. The number of hydrazine groups is 1. The number of rotatable bonds is 4. The zero-order chi connectivity index (χ0) is 10.6. The molecule has 0 aliphatic carbocycles. The van der Waals surface area contributed by atoms with Crippen molar-refractivity contribution in [1.29, 1.82) is 0 Å². The second-order valence-corrected chi connectivity index (χ2v) is 3.22. The maximum atomic E-state index is 12.8. The second-order valence-electron chi connectivity index (χ2n) is 3.22. The van der Waals surface area contributed by atoms with E-state index in [1.165, 1.54) is 6.07 Å². The maximum absolute atomic E-state index is 12.8. The standard InChI is InChI=1S/C10H14F2N2/c1-2-8(14-13)5-7-3-4-9(11)10(12)6-7/h3-4,6,8,14H,2,5,13H2,1H3. The minimum absolute atomic E-state index is 0.0971. The van der Waals surface area contributed by atoms with Crippen molar-refractivity contribution >= 4 is 0 Å². The van der Waals surface area contributed by atoms with E-state index in [-0.39, 0.29) is 6.04 Å². The van der Waals surface area contributed by atoms with Crippen LogP contribution in [0.3, 0.4) is 0 Å². The Kier molecular flexibility index (Phi) is 3.98. The van der Waals surface area contributed by atoms with Crippen molar-refractivity contribution in [2.45, 2.75) is 25.8 Å².